The van der Waals surface area contributed by atoms with Crippen molar-refractivity contribution in [1.82, 2.24) is 15.0 Å². The Morgan fingerprint density at radius 2 is 1.88 bits per heavy atom. The largest absolute Gasteiger partial charge is 0.382 e. The van der Waals surface area contributed by atoms with E-state index in [0.717, 1.165) is 22.2 Å². The summed E-state index contributed by atoms with van der Waals surface area (Å²) in [6.07, 6.45) is 5.00. The molecule has 3 aromatic rings. The Hall–Kier alpha value is -2.49. The number of nitrogens with zero attached hydrogens (tertiary/aromatic N) is 3. The zero-order valence-corrected chi connectivity index (χ0v) is 9.04. The molecule has 0 amide bonds. The lowest BCUT2D eigenvalue weighted by Crippen LogP contribution is -1.92. The van der Waals surface area contributed by atoms with Gasteiger partial charge in [0.05, 0.1) is 23.6 Å². The quantitative estimate of drug-likeness (QED) is 0.686. The summed E-state index contributed by atoms with van der Waals surface area (Å²) in [6, 6.07) is 9.97. The minimum absolute atomic E-state index is 0.424. The van der Waals surface area contributed by atoms with E-state index in [1.165, 1.54) is 0 Å². The van der Waals surface area contributed by atoms with Gasteiger partial charge in [-0.15, -0.1) is 0 Å². The molecule has 0 radical (unpaired) electrons. The zero-order chi connectivity index (χ0) is 11.7. The summed E-state index contributed by atoms with van der Waals surface area (Å²) in [5, 5.41) is 1.11. The van der Waals surface area contributed by atoms with Crippen molar-refractivity contribution in [3.63, 3.8) is 0 Å². The summed E-state index contributed by atoms with van der Waals surface area (Å²) in [6.45, 7) is 0. The first kappa shape index (κ1) is 9.72. The van der Waals surface area contributed by atoms with E-state index in [1.807, 2.05) is 30.3 Å². The van der Waals surface area contributed by atoms with Gasteiger partial charge < -0.3 is 5.73 Å². The maximum atomic E-state index is 5.51. The summed E-state index contributed by atoms with van der Waals surface area (Å²) in [7, 11) is 0. The van der Waals surface area contributed by atoms with E-state index < -0.39 is 0 Å². The summed E-state index contributed by atoms with van der Waals surface area (Å²) in [4.78, 5) is 12.6. The third-order valence-corrected chi connectivity index (χ3v) is 2.57. The third-order valence-electron chi connectivity index (χ3n) is 2.57. The molecule has 17 heavy (non-hydrogen) atoms. The summed E-state index contributed by atoms with van der Waals surface area (Å²) >= 11 is 0. The molecule has 0 saturated carbocycles. The number of benzene rings is 1. The lowest BCUT2D eigenvalue weighted by atomic mass is 10.1. The van der Waals surface area contributed by atoms with Crippen molar-refractivity contribution in [2.75, 3.05) is 5.73 Å². The van der Waals surface area contributed by atoms with Gasteiger partial charge in [-0.05, 0) is 12.1 Å². The van der Waals surface area contributed by atoms with Crippen molar-refractivity contribution < 1.29 is 0 Å². The smallest absolute Gasteiger partial charge is 0.141 e. The van der Waals surface area contributed by atoms with Crippen LogP contribution in [0.3, 0.4) is 0 Å². The second-order valence-electron chi connectivity index (χ2n) is 3.74. The lowest BCUT2D eigenvalue weighted by Gasteiger charge is -2.02. The molecule has 82 valence electrons. The minimum Gasteiger partial charge on any atom is -0.382 e. The van der Waals surface area contributed by atoms with Crippen molar-refractivity contribution in [3.8, 4) is 11.3 Å². The van der Waals surface area contributed by atoms with E-state index in [2.05, 4.69) is 15.0 Å². The molecule has 0 aliphatic heterocycles. The van der Waals surface area contributed by atoms with E-state index in [4.69, 9.17) is 5.73 Å². The molecule has 0 bridgehead atoms. The molecule has 0 spiro atoms. The second-order valence-corrected chi connectivity index (χ2v) is 3.74. The number of nitrogen functional groups attached to an aromatic ring is 1. The molecule has 2 heterocycles. The Labute approximate surface area is 98.2 Å². The average molecular weight is 222 g/mol. The van der Waals surface area contributed by atoms with Crippen LogP contribution in [0.2, 0.25) is 0 Å². The predicted molar refractivity (Wildman–Crippen MR) is 67.2 cm³/mol. The third kappa shape index (κ3) is 1.80. The van der Waals surface area contributed by atoms with Gasteiger partial charge in [0.15, 0.2) is 0 Å². The number of anilines is 1. The molecule has 0 aliphatic rings. The number of hydrogen-bond acceptors (Lipinski definition) is 4. The fourth-order valence-corrected chi connectivity index (χ4v) is 1.71. The van der Waals surface area contributed by atoms with Crippen LogP contribution in [0.5, 0.6) is 0 Å². The van der Waals surface area contributed by atoms with Crippen LogP contribution in [0.25, 0.3) is 22.2 Å². The van der Waals surface area contributed by atoms with Crippen molar-refractivity contribution >= 4 is 16.7 Å². The molecule has 3 rings (SSSR count). The average Bonchev–Trinajstić information content (AvgIpc) is 2.39. The van der Waals surface area contributed by atoms with Crippen LogP contribution >= 0.6 is 0 Å². The Balaban J connectivity index is 2.14. The van der Waals surface area contributed by atoms with Gasteiger partial charge in [0.25, 0.3) is 0 Å². The maximum absolute atomic E-state index is 5.51. The Kier molecular flexibility index (Phi) is 2.19. The van der Waals surface area contributed by atoms with Gasteiger partial charge in [0.2, 0.25) is 0 Å². The predicted octanol–water partition coefficient (Wildman–Crippen LogP) is 2.27. The molecule has 4 heteroatoms. The van der Waals surface area contributed by atoms with Crippen LogP contribution in [0.4, 0.5) is 5.82 Å². The molecule has 0 unspecified atom stereocenters. The highest BCUT2D eigenvalue weighted by molar-refractivity contribution is 5.83. The van der Waals surface area contributed by atoms with Gasteiger partial charge in [-0.1, -0.05) is 18.2 Å². The summed E-state index contributed by atoms with van der Waals surface area (Å²) < 4.78 is 0. The topological polar surface area (TPSA) is 64.7 Å². The van der Waals surface area contributed by atoms with Gasteiger partial charge in [-0.3, -0.25) is 9.97 Å². The zero-order valence-electron chi connectivity index (χ0n) is 9.04. The first-order valence-electron chi connectivity index (χ1n) is 5.25. The Morgan fingerprint density at radius 1 is 0.941 bits per heavy atom. The van der Waals surface area contributed by atoms with Gasteiger partial charge in [0.1, 0.15) is 5.82 Å². The number of hydrogen-bond donors (Lipinski definition) is 1. The highest BCUT2D eigenvalue weighted by Gasteiger charge is 2.01. The van der Waals surface area contributed by atoms with Crippen LogP contribution in [0.1, 0.15) is 0 Å². The summed E-state index contributed by atoms with van der Waals surface area (Å²) in [5.41, 5.74) is 8.24. The molecular weight excluding hydrogens is 212 g/mol. The van der Waals surface area contributed by atoms with Gasteiger partial charge in [0, 0.05) is 17.1 Å². The Morgan fingerprint density at radius 3 is 2.71 bits per heavy atom. The van der Waals surface area contributed by atoms with E-state index in [0.29, 0.717) is 5.82 Å². The van der Waals surface area contributed by atoms with Gasteiger partial charge in [-0.2, -0.15) is 0 Å². The van der Waals surface area contributed by atoms with Crippen LogP contribution in [-0.2, 0) is 0 Å². The summed E-state index contributed by atoms with van der Waals surface area (Å²) in [5.74, 6) is 0.424. The number of pyridine rings is 1. The molecule has 0 fully saturated rings. The van der Waals surface area contributed by atoms with Gasteiger partial charge >= 0.3 is 0 Å². The second kappa shape index (κ2) is 3.83. The SMILES string of the molecule is Nc1cnc(-c2ccc3cccnc3c2)cn1. The highest BCUT2D eigenvalue weighted by atomic mass is 14.9. The molecule has 0 atom stereocenters. The number of nitrogens with two attached hydrogens (primary N) is 1. The normalized spacial score (nSPS) is 10.6. The minimum atomic E-state index is 0.424. The fourth-order valence-electron chi connectivity index (χ4n) is 1.71. The molecule has 1 aromatic carbocycles. The highest BCUT2D eigenvalue weighted by Crippen LogP contribution is 2.21. The number of aromatic nitrogens is 3. The van der Waals surface area contributed by atoms with E-state index >= 15 is 0 Å². The first-order valence-corrected chi connectivity index (χ1v) is 5.25. The molecule has 0 saturated heterocycles. The van der Waals surface area contributed by atoms with E-state index in [-0.39, 0.29) is 0 Å². The molecule has 2 aromatic heterocycles. The Bertz CT molecular complexity index is 662. The van der Waals surface area contributed by atoms with Crippen LogP contribution < -0.4 is 5.73 Å². The van der Waals surface area contributed by atoms with Crippen LogP contribution in [0.15, 0.2) is 48.9 Å². The van der Waals surface area contributed by atoms with Crippen molar-refractivity contribution in [2.24, 2.45) is 0 Å². The maximum Gasteiger partial charge on any atom is 0.141 e. The van der Waals surface area contributed by atoms with Crippen molar-refractivity contribution in [1.29, 1.82) is 0 Å². The van der Waals surface area contributed by atoms with Gasteiger partial charge in [-0.25, -0.2) is 4.98 Å². The fraction of sp³-hybridized carbons (Fsp3) is 0. The molecule has 0 aliphatic carbocycles. The lowest BCUT2D eigenvalue weighted by molar-refractivity contribution is 1.22. The monoisotopic (exact) mass is 222 g/mol. The van der Waals surface area contributed by atoms with Crippen molar-refractivity contribution in [3.05, 3.63) is 48.9 Å². The molecular formula is C13H10N4. The number of rotatable bonds is 1. The first-order chi connectivity index (χ1) is 8.33. The molecule has 4 nitrogen and oxygen atoms in total. The van der Waals surface area contributed by atoms with E-state index in [9.17, 15) is 0 Å². The van der Waals surface area contributed by atoms with Crippen LogP contribution in [-0.4, -0.2) is 15.0 Å². The number of fused-ring (bicyclic) bond motifs is 1. The molecule has 2 N–H and O–H groups in total. The van der Waals surface area contributed by atoms with Crippen molar-refractivity contribution in [2.45, 2.75) is 0 Å². The van der Waals surface area contributed by atoms with Crippen LogP contribution in [0, 0.1) is 0 Å². The van der Waals surface area contributed by atoms with E-state index in [1.54, 1.807) is 18.6 Å². The standard InChI is InChI=1S/C13H10N4/c14-13-8-16-12(7-17-13)10-4-3-9-2-1-5-15-11(9)6-10/h1-8H,(H2,14,17).